The summed E-state index contributed by atoms with van der Waals surface area (Å²) in [6.07, 6.45) is 0.847. The van der Waals surface area contributed by atoms with E-state index in [2.05, 4.69) is 10.4 Å². The first kappa shape index (κ1) is 11.1. The van der Waals surface area contributed by atoms with Gasteiger partial charge in [0.2, 0.25) is 0 Å². The van der Waals surface area contributed by atoms with E-state index in [9.17, 15) is 4.79 Å². The molecule has 5 heteroatoms. The Hall–Kier alpha value is -1.36. The molecular formula is C11H17N3O2. The van der Waals surface area contributed by atoms with E-state index in [1.54, 1.807) is 4.68 Å². The van der Waals surface area contributed by atoms with Crippen molar-refractivity contribution in [3.63, 3.8) is 0 Å². The molecule has 2 heterocycles. The lowest BCUT2D eigenvalue weighted by Gasteiger charge is -2.26. The number of hydrogen-bond acceptors (Lipinski definition) is 3. The summed E-state index contributed by atoms with van der Waals surface area (Å²) < 4.78 is 6.76. The van der Waals surface area contributed by atoms with Crippen molar-refractivity contribution in [1.29, 1.82) is 0 Å². The quantitative estimate of drug-likeness (QED) is 0.813. The Labute approximate surface area is 94.8 Å². The largest absolute Gasteiger partial charge is 0.377 e. The lowest BCUT2D eigenvalue weighted by molar-refractivity contribution is -0.00363. The standard InChI is InChI=1S/C11H17N3O2/c1-3-8-5-10(14(4-2)13-8)11(15)12-9-6-16-7-9/h5,9H,3-4,6-7H2,1-2H3,(H,12,15). The van der Waals surface area contributed by atoms with Gasteiger partial charge in [-0.1, -0.05) is 6.92 Å². The molecule has 1 aromatic rings. The summed E-state index contributed by atoms with van der Waals surface area (Å²) in [5, 5.41) is 7.26. The van der Waals surface area contributed by atoms with Gasteiger partial charge < -0.3 is 10.1 Å². The Morgan fingerprint density at radius 3 is 2.88 bits per heavy atom. The molecule has 0 unspecified atom stereocenters. The molecule has 88 valence electrons. The van der Waals surface area contributed by atoms with Crippen LogP contribution in [0.5, 0.6) is 0 Å². The Morgan fingerprint density at radius 2 is 2.38 bits per heavy atom. The lowest BCUT2D eigenvalue weighted by Crippen LogP contribution is -2.48. The average Bonchev–Trinajstić information content (AvgIpc) is 2.66. The SMILES string of the molecule is CCc1cc(C(=O)NC2COC2)n(CC)n1. The van der Waals surface area contributed by atoms with E-state index in [0.29, 0.717) is 25.5 Å². The zero-order valence-corrected chi connectivity index (χ0v) is 9.69. The monoisotopic (exact) mass is 223 g/mol. The van der Waals surface area contributed by atoms with E-state index in [0.717, 1.165) is 12.1 Å². The second-order valence-electron chi connectivity index (χ2n) is 3.90. The van der Waals surface area contributed by atoms with Crippen molar-refractivity contribution in [2.75, 3.05) is 13.2 Å². The van der Waals surface area contributed by atoms with Gasteiger partial charge in [-0.05, 0) is 19.4 Å². The highest BCUT2D eigenvalue weighted by Crippen LogP contribution is 2.07. The van der Waals surface area contributed by atoms with Gasteiger partial charge >= 0.3 is 0 Å². The minimum atomic E-state index is -0.0534. The van der Waals surface area contributed by atoms with Gasteiger partial charge in [-0.25, -0.2) is 0 Å². The Kier molecular flexibility index (Phi) is 3.24. The van der Waals surface area contributed by atoms with Gasteiger partial charge in [-0.15, -0.1) is 0 Å². The minimum absolute atomic E-state index is 0.0534. The maximum atomic E-state index is 11.9. The summed E-state index contributed by atoms with van der Waals surface area (Å²) in [7, 11) is 0. The van der Waals surface area contributed by atoms with Crippen LogP contribution in [0.2, 0.25) is 0 Å². The van der Waals surface area contributed by atoms with Crippen LogP contribution in [-0.2, 0) is 17.7 Å². The Balaban J connectivity index is 2.10. The fourth-order valence-electron chi connectivity index (χ4n) is 1.65. The number of carbonyl (C=O) groups excluding carboxylic acids is 1. The van der Waals surface area contributed by atoms with Crippen molar-refractivity contribution >= 4 is 5.91 Å². The summed E-state index contributed by atoms with van der Waals surface area (Å²) in [6, 6.07) is 2.02. The fourth-order valence-corrected chi connectivity index (χ4v) is 1.65. The first-order valence-electron chi connectivity index (χ1n) is 5.70. The number of hydrogen-bond donors (Lipinski definition) is 1. The molecule has 0 saturated carbocycles. The van der Waals surface area contributed by atoms with E-state index >= 15 is 0 Å². The van der Waals surface area contributed by atoms with Gasteiger partial charge in [0.15, 0.2) is 0 Å². The minimum Gasteiger partial charge on any atom is -0.377 e. The zero-order chi connectivity index (χ0) is 11.5. The third-order valence-electron chi connectivity index (χ3n) is 2.70. The normalized spacial score (nSPS) is 15.9. The van der Waals surface area contributed by atoms with Crippen LogP contribution in [0.15, 0.2) is 6.07 Å². The molecule has 0 aliphatic carbocycles. The van der Waals surface area contributed by atoms with Crippen LogP contribution in [0.25, 0.3) is 0 Å². The van der Waals surface area contributed by atoms with Crippen LogP contribution in [0.4, 0.5) is 0 Å². The van der Waals surface area contributed by atoms with Gasteiger partial charge in [0.1, 0.15) is 5.69 Å². The molecule has 1 aromatic heterocycles. The van der Waals surface area contributed by atoms with E-state index < -0.39 is 0 Å². The zero-order valence-electron chi connectivity index (χ0n) is 9.69. The molecule has 0 bridgehead atoms. The number of nitrogens with zero attached hydrogens (tertiary/aromatic N) is 2. The van der Waals surface area contributed by atoms with Crippen molar-refractivity contribution in [1.82, 2.24) is 15.1 Å². The van der Waals surface area contributed by atoms with E-state index in [1.807, 2.05) is 19.9 Å². The van der Waals surface area contributed by atoms with Crippen molar-refractivity contribution < 1.29 is 9.53 Å². The van der Waals surface area contributed by atoms with Crippen LogP contribution < -0.4 is 5.32 Å². The summed E-state index contributed by atoms with van der Waals surface area (Å²) in [4.78, 5) is 11.9. The summed E-state index contributed by atoms with van der Waals surface area (Å²) in [5.74, 6) is -0.0534. The number of ether oxygens (including phenoxy) is 1. The highest BCUT2D eigenvalue weighted by atomic mass is 16.5. The van der Waals surface area contributed by atoms with Gasteiger partial charge in [-0.3, -0.25) is 9.48 Å². The first-order valence-corrected chi connectivity index (χ1v) is 5.70. The topological polar surface area (TPSA) is 56.1 Å². The average molecular weight is 223 g/mol. The molecule has 5 nitrogen and oxygen atoms in total. The molecule has 0 spiro atoms. The number of aryl methyl sites for hydroxylation is 2. The highest BCUT2D eigenvalue weighted by molar-refractivity contribution is 5.93. The predicted molar refractivity (Wildman–Crippen MR) is 59.4 cm³/mol. The van der Waals surface area contributed by atoms with Gasteiger partial charge in [0.25, 0.3) is 5.91 Å². The van der Waals surface area contributed by atoms with Crippen molar-refractivity contribution in [3.8, 4) is 0 Å². The molecular weight excluding hydrogens is 206 g/mol. The molecule has 0 atom stereocenters. The third kappa shape index (κ3) is 2.09. The molecule has 2 rings (SSSR count). The van der Waals surface area contributed by atoms with Crippen molar-refractivity contribution in [2.45, 2.75) is 32.9 Å². The second-order valence-corrected chi connectivity index (χ2v) is 3.90. The second kappa shape index (κ2) is 4.65. The summed E-state index contributed by atoms with van der Waals surface area (Å²) in [5.41, 5.74) is 1.60. The third-order valence-corrected chi connectivity index (χ3v) is 2.70. The fraction of sp³-hybridized carbons (Fsp3) is 0.636. The number of aromatic nitrogens is 2. The molecule has 1 aliphatic heterocycles. The van der Waals surface area contributed by atoms with Gasteiger partial charge in [0.05, 0.1) is 24.9 Å². The predicted octanol–water partition coefficient (Wildman–Crippen LogP) is 0.594. The number of rotatable bonds is 4. The van der Waals surface area contributed by atoms with Crippen LogP contribution >= 0.6 is 0 Å². The Morgan fingerprint density at radius 1 is 1.62 bits per heavy atom. The van der Waals surface area contributed by atoms with Crippen LogP contribution in [0, 0.1) is 0 Å². The maximum absolute atomic E-state index is 11.9. The molecule has 1 amide bonds. The maximum Gasteiger partial charge on any atom is 0.269 e. The van der Waals surface area contributed by atoms with Crippen LogP contribution in [-0.4, -0.2) is 34.9 Å². The van der Waals surface area contributed by atoms with E-state index in [-0.39, 0.29) is 11.9 Å². The van der Waals surface area contributed by atoms with Crippen LogP contribution in [0.1, 0.15) is 30.0 Å². The van der Waals surface area contributed by atoms with Gasteiger partial charge in [-0.2, -0.15) is 5.10 Å². The number of carbonyl (C=O) groups is 1. The molecule has 1 aliphatic rings. The van der Waals surface area contributed by atoms with Crippen molar-refractivity contribution in [2.24, 2.45) is 0 Å². The molecule has 1 saturated heterocycles. The summed E-state index contributed by atoms with van der Waals surface area (Å²) in [6.45, 7) is 5.96. The summed E-state index contributed by atoms with van der Waals surface area (Å²) >= 11 is 0. The number of nitrogens with one attached hydrogen (secondary N) is 1. The smallest absolute Gasteiger partial charge is 0.269 e. The highest BCUT2D eigenvalue weighted by Gasteiger charge is 2.23. The van der Waals surface area contributed by atoms with Gasteiger partial charge in [0, 0.05) is 6.54 Å². The van der Waals surface area contributed by atoms with Crippen molar-refractivity contribution in [3.05, 3.63) is 17.5 Å². The molecule has 0 aromatic carbocycles. The Bertz CT molecular complexity index is 383. The molecule has 16 heavy (non-hydrogen) atoms. The molecule has 0 radical (unpaired) electrons. The number of amides is 1. The van der Waals surface area contributed by atoms with Crippen LogP contribution in [0.3, 0.4) is 0 Å². The first-order chi connectivity index (χ1) is 7.74. The van der Waals surface area contributed by atoms with E-state index in [4.69, 9.17) is 4.74 Å². The molecule has 1 N–H and O–H groups in total. The lowest BCUT2D eigenvalue weighted by atomic mass is 10.2. The molecule has 1 fully saturated rings. The van der Waals surface area contributed by atoms with E-state index in [1.165, 1.54) is 0 Å².